The second-order valence-electron chi connectivity index (χ2n) is 6.29. The van der Waals surface area contributed by atoms with Crippen molar-refractivity contribution in [3.63, 3.8) is 0 Å². The van der Waals surface area contributed by atoms with Crippen molar-refractivity contribution in [2.75, 3.05) is 26.3 Å². The Hall–Kier alpha value is -2.01. The van der Waals surface area contributed by atoms with Crippen LogP contribution in [0.1, 0.15) is 28.9 Å². The van der Waals surface area contributed by atoms with E-state index in [1.165, 1.54) is 22.5 Å². The van der Waals surface area contributed by atoms with Crippen molar-refractivity contribution in [3.05, 3.63) is 57.8 Å². The topological polar surface area (TPSA) is 93.1 Å². The minimum Gasteiger partial charge on any atom is -0.493 e. The first-order valence-corrected chi connectivity index (χ1v) is 11.0. The zero-order chi connectivity index (χ0) is 21.2. The van der Waals surface area contributed by atoms with Gasteiger partial charge in [0.1, 0.15) is 17.1 Å². The maximum Gasteiger partial charge on any atom is 0.339 e. The molecule has 10 heteroatoms. The Bertz CT molecular complexity index is 1030. The number of morpholine rings is 1. The number of hydrogen-bond donors (Lipinski definition) is 1. The van der Waals surface area contributed by atoms with Crippen LogP contribution in [0.25, 0.3) is 0 Å². The van der Waals surface area contributed by atoms with E-state index in [0.717, 1.165) is 6.07 Å². The van der Waals surface area contributed by atoms with Crippen LogP contribution in [-0.2, 0) is 14.8 Å². The number of benzene rings is 2. The number of rotatable bonds is 6. The quantitative estimate of drug-likeness (QED) is 0.670. The molecule has 1 unspecified atom stereocenters. The number of nitrogens with zero attached hydrogens (tertiary/aromatic N) is 1. The smallest absolute Gasteiger partial charge is 0.339 e. The van der Waals surface area contributed by atoms with Crippen LogP contribution in [0.5, 0.6) is 5.75 Å². The zero-order valence-electron chi connectivity index (χ0n) is 15.5. The van der Waals surface area contributed by atoms with E-state index in [-0.39, 0.29) is 47.0 Å². The molecule has 1 N–H and O–H groups in total. The molecule has 29 heavy (non-hydrogen) atoms. The lowest BCUT2D eigenvalue weighted by molar-refractivity contribution is -0.00262. The molecule has 2 aromatic rings. The maximum absolute atomic E-state index is 13.5. The molecular weight excluding hydrogens is 469 g/mol. The van der Waals surface area contributed by atoms with Crippen LogP contribution in [0.4, 0.5) is 4.39 Å². The minimum absolute atomic E-state index is 0.0238. The zero-order valence-corrected chi connectivity index (χ0v) is 17.9. The summed E-state index contributed by atoms with van der Waals surface area (Å²) in [5.74, 6) is -1.60. The third-order valence-electron chi connectivity index (χ3n) is 4.46. The van der Waals surface area contributed by atoms with Crippen LogP contribution in [0.2, 0.25) is 0 Å². The Morgan fingerprint density at radius 2 is 2.10 bits per heavy atom. The van der Waals surface area contributed by atoms with Gasteiger partial charge in [-0.2, -0.15) is 4.31 Å². The molecule has 0 amide bonds. The SMILES string of the molecule is CCOc1ccc(S(=O)(=O)N2CCOC(c3ccc(F)c(Br)c3)C2)cc1C(=O)O. The lowest BCUT2D eigenvalue weighted by Gasteiger charge is -2.32. The van der Waals surface area contributed by atoms with Gasteiger partial charge in [0.25, 0.3) is 0 Å². The number of hydrogen-bond acceptors (Lipinski definition) is 5. The van der Waals surface area contributed by atoms with Crippen molar-refractivity contribution in [2.24, 2.45) is 0 Å². The van der Waals surface area contributed by atoms with E-state index in [2.05, 4.69) is 15.9 Å². The first-order valence-electron chi connectivity index (χ1n) is 8.81. The molecule has 0 aliphatic carbocycles. The van der Waals surface area contributed by atoms with E-state index in [4.69, 9.17) is 9.47 Å². The molecule has 1 fully saturated rings. The van der Waals surface area contributed by atoms with Gasteiger partial charge in [-0.05, 0) is 58.7 Å². The maximum atomic E-state index is 13.5. The number of carboxylic acid groups (broad SMARTS) is 1. The van der Waals surface area contributed by atoms with Gasteiger partial charge >= 0.3 is 5.97 Å². The van der Waals surface area contributed by atoms with Gasteiger partial charge in [-0.25, -0.2) is 17.6 Å². The van der Waals surface area contributed by atoms with Gasteiger partial charge in [-0.1, -0.05) is 6.07 Å². The van der Waals surface area contributed by atoms with Crippen molar-refractivity contribution in [3.8, 4) is 5.75 Å². The Labute approximate surface area is 176 Å². The normalized spacial score (nSPS) is 17.8. The summed E-state index contributed by atoms with van der Waals surface area (Å²) >= 11 is 3.12. The van der Waals surface area contributed by atoms with Gasteiger partial charge in [-0.15, -0.1) is 0 Å². The molecule has 0 spiro atoms. The average molecular weight is 488 g/mol. The minimum atomic E-state index is -3.96. The molecule has 7 nitrogen and oxygen atoms in total. The number of carbonyl (C=O) groups is 1. The molecular formula is C19H19BrFNO6S. The summed E-state index contributed by atoms with van der Waals surface area (Å²) < 4.78 is 52.1. The molecule has 1 aliphatic heterocycles. The Balaban J connectivity index is 1.89. The fourth-order valence-electron chi connectivity index (χ4n) is 3.03. The first kappa shape index (κ1) is 21.7. The lowest BCUT2D eigenvalue weighted by atomic mass is 10.1. The van der Waals surface area contributed by atoms with Gasteiger partial charge in [0.2, 0.25) is 10.0 Å². The highest BCUT2D eigenvalue weighted by Gasteiger charge is 2.32. The molecule has 0 aromatic heterocycles. The van der Waals surface area contributed by atoms with E-state index < -0.39 is 27.9 Å². The van der Waals surface area contributed by atoms with Crippen LogP contribution in [-0.4, -0.2) is 50.1 Å². The monoisotopic (exact) mass is 487 g/mol. The summed E-state index contributed by atoms with van der Waals surface area (Å²) in [5, 5.41) is 9.39. The summed E-state index contributed by atoms with van der Waals surface area (Å²) in [6, 6.07) is 8.14. The van der Waals surface area contributed by atoms with Crippen molar-refractivity contribution in [2.45, 2.75) is 17.9 Å². The molecule has 1 saturated heterocycles. The van der Waals surface area contributed by atoms with E-state index in [1.807, 2.05) is 0 Å². The molecule has 3 rings (SSSR count). The largest absolute Gasteiger partial charge is 0.493 e. The fourth-order valence-corrected chi connectivity index (χ4v) is 4.87. The molecule has 2 aromatic carbocycles. The van der Waals surface area contributed by atoms with Crippen molar-refractivity contribution in [1.29, 1.82) is 0 Å². The fraction of sp³-hybridized carbons (Fsp3) is 0.316. The Morgan fingerprint density at radius 1 is 1.34 bits per heavy atom. The van der Waals surface area contributed by atoms with Gasteiger partial charge in [0, 0.05) is 13.1 Å². The summed E-state index contributed by atoms with van der Waals surface area (Å²) in [6.45, 7) is 2.26. The van der Waals surface area contributed by atoms with Gasteiger partial charge in [0.15, 0.2) is 0 Å². The van der Waals surface area contributed by atoms with E-state index >= 15 is 0 Å². The van der Waals surface area contributed by atoms with Crippen LogP contribution < -0.4 is 4.74 Å². The van der Waals surface area contributed by atoms with E-state index in [1.54, 1.807) is 19.1 Å². The van der Waals surface area contributed by atoms with Gasteiger partial charge in [-0.3, -0.25) is 0 Å². The summed E-state index contributed by atoms with van der Waals surface area (Å²) in [7, 11) is -3.96. The highest BCUT2D eigenvalue weighted by Crippen LogP contribution is 2.30. The predicted molar refractivity (Wildman–Crippen MR) is 106 cm³/mol. The van der Waals surface area contributed by atoms with E-state index in [9.17, 15) is 22.7 Å². The van der Waals surface area contributed by atoms with Crippen molar-refractivity contribution < 1.29 is 32.2 Å². The highest BCUT2D eigenvalue weighted by molar-refractivity contribution is 9.10. The Kier molecular flexibility index (Phi) is 6.57. The van der Waals surface area contributed by atoms with Crippen molar-refractivity contribution in [1.82, 2.24) is 4.31 Å². The molecule has 0 bridgehead atoms. The van der Waals surface area contributed by atoms with Gasteiger partial charge in [0.05, 0.1) is 28.7 Å². The molecule has 1 atom stereocenters. The second kappa shape index (κ2) is 8.78. The number of aromatic carboxylic acids is 1. The number of carboxylic acids is 1. The molecule has 156 valence electrons. The summed E-state index contributed by atoms with van der Waals surface area (Å²) in [6.07, 6.45) is -0.572. The molecule has 1 aliphatic rings. The third-order valence-corrected chi connectivity index (χ3v) is 6.93. The third kappa shape index (κ3) is 4.61. The average Bonchev–Trinajstić information content (AvgIpc) is 2.70. The Morgan fingerprint density at radius 3 is 2.76 bits per heavy atom. The number of ether oxygens (including phenoxy) is 2. The molecule has 0 saturated carbocycles. The van der Waals surface area contributed by atoms with Crippen LogP contribution in [0.15, 0.2) is 45.8 Å². The van der Waals surface area contributed by atoms with E-state index in [0.29, 0.717) is 5.56 Å². The predicted octanol–water partition coefficient (Wildman–Crippen LogP) is 3.45. The number of halogens is 2. The van der Waals surface area contributed by atoms with Crippen molar-refractivity contribution >= 4 is 31.9 Å². The van der Waals surface area contributed by atoms with Crippen LogP contribution >= 0.6 is 15.9 Å². The van der Waals surface area contributed by atoms with Gasteiger partial charge < -0.3 is 14.6 Å². The highest BCUT2D eigenvalue weighted by atomic mass is 79.9. The second-order valence-corrected chi connectivity index (χ2v) is 9.08. The standard InChI is InChI=1S/C19H19BrFNO6S/c1-2-27-17-6-4-13(10-14(17)19(23)24)29(25,26)22-7-8-28-18(11-22)12-3-5-16(21)15(20)9-12/h3-6,9-10,18H,2,7-8,11H2,1H3,(H,23,24). The molecule has 0 radical (unpaired) electrons. The molecule has 1 heterocycles. The summed E-state index contributed by atoms with van der Waals surface area (Å²) in [4.78, 5) is 11.4. The first-order chi connectivity index (χ1) is 13.7. The van der Waals surface area contributed by atoms with Crippen LogP contribution in [0, 0.1) is 5.82 Å². The summed E-state index contributed by atoms with van der Waals surface area (Å²) in [5.41, 5.74) is 0.413. The van der Waals surface area contributed by atoms with Crippen LogP contribution in [0.3, 0.4) is 0 Å². The number of sulfonamides is 1. The lowest BCUT2D eigenvalue weighted by Crippen LogP contribution is -2.42.